The topological polar surface area (TPSA) is 829 Å². The molecule has 1 aromatic rings. The van der Waals surface area contributed by atoms with Crippen molar-refractivity contribution in [2.75, 3.05) is 64.0 Å². The second-order valence-corrected chi connectivity index (χ2v) is 32.3. The molecule has 0 saturated carbocycles. The number of primary amides is 2. The van der Waals surface area contributed by atoms with Crippen LogP contribution >= 0.6 is 25.3 Å². The summed E-state index contributed by atoms with van der Waals surface area (Å²) in [5, 5.41) is 105. The van der Waals surface area contributed by atoms with E-state index in [9.17, 15) is 136 Å². The van der Waals surface area contributed by atoms with E-state index in [-0.39, 0.29) is 102 Å². The quantitative estimate of drug-likeness (QED) is 0.0164. The van der Waals surface area contributed by atoms with Gasteiger partial charge in [-0.3, -0.25) is 101 Å². The molecule has 2 heterocycles. The third kappa shape index (κ3) is 39.5. The number of unbranched alkanes of at least 4 members (excludes halogenated alkanes) is 3. The number of aliphatic carboxylic acids is 2. The second kappa shape index (κ2) is 59.8. The molecule has 2 aliphatic rings. The molecule has 19 amide bonds. The van der Waals surface area contributed by atoms with Crippen LogP contribution in [0.1, 0.15) is 149 Å². The van der Waals surface area contributed by atoms with E-state index >= 15 is 0 Å². The van der Waals surface area contributed by atoms with Gasteiger partial charge in [0.05, 0.1) is 44.5 Å². The first-order chi connectivity index (χ1) is 62.4. The summed E-state index contributed by atoms with van der Waals surface area (Å²) in [6, 6.07) is -19.2. The molecule has 0 unspecified atom stereocenters. The SMILES string of the molecule is CC(=O)NN[C@@H](CCCCN)C(=O)N[C@@H](CS)C(=O)N[C@H](C(=O)N[C@@H](CO)C(=O)N[C@H](C(=O)N[C@@H](CCC(N)=O)C(=O)N[C@@H](CC(=O)O)C(=O)N1CCC[C@H]1C(=O)N[C@@H](CCC(N)=O)C(=O)N[C@@H](Cc1ccccc1)C(=O)N[C@H](C(=O)N1CCC[C@H]1C(=O)N[C@@H](CCCCN)C(=O)NCC(=O)N[C@@H](CS)C(=O)N[C@@H](CO)C(=O)N[C@@H](CCCCN)C(=O)O)[C@@H](C)O)[C@@H](C)O)[C@@H](C)O. The fourth-order valence-electron chi connectivity index (χ4n) is 13.7. The highest BCUT2D eigenvalue weighted by Gasteiger charge is 2.45. The minimum atomic E-state index is -2.13. The molecule has 33 N–H and O–H groups in total. The first kappa shape index (κ1) is 115. The zero-order chi connectivity index (χ0) is 99.2. The number of nitrogens with zero attached hydrogens (tertiary/aromatic N) is 2. The minimum absolute atomic E-state index is 0.00875. The van der Waals surface area contributed by atoms with Gasteiger partial charge in [0.25, 0.3) is 0 Å². The van der Waals surface area contributed by atoms with Crippen molar-refractivity contribution in [3.8, 4) is 0 Å². The van der Waals surface area contributed by atoms with Gasteiger partial charge in [-0.05, 0) is 136 Å². The number of amides is 19. The average molecular weight is 1910 g/mol. The van der Waals surface area contributed by atoms with Crippen molar-refractivity contribution in [3.05, 3.63) is 35.9 Å². The molecule has 51 nitrogen and oxygen atoms in total. The number of carbonyl (C=O) groups is 21. The molecule has 53 heteroatoms. The Labute approximate surface area is 770 Å². The van der Waals surface area contributed by atoms with Crippen LogP contribution in [0, 0.1) is 0 Å². The van der Waals surface area contributed by atoms with Crippen molar-refractivity contribution < 1.29 is 136 Å². The number of benzene rings is 1. The molecule has 3 rings (SSSR count). The Balaban J connectivity index is 1.86. The van der Waals surface area contributed by atoms with E-state index in [1.807, 2.05) is 0 Å². The van der Waals surface area contributed by atoms with E-state index in [0.29, 0.717) is 37.7 Å². The molecule has 2 fully saturated rings. The molecule has 740 valence electrons. The number of aliphatic hydroxyl groups excluding tert-OH is 5. The van der Waals surface area contributed by atoms with Gasteiger partial charge in [-0.15, -0.1) is 0 Å². The summed E-state index contributed by atoms with van der Waals surface area (Å²) < 4.78 is 0. The normalized spacial score (nSPS) is 17.3. The largest absolute Gasteiger partial charge is 0.481 e. The second-order valence-electron chi connectivity index (χ2n) is 31.5. The Kier molecular flexibility index (Phi) is 51.9. The molecular formula is C79H129N23O28S2. The van der Waals surface area contributed by atoms with Gasteiger partial charge in [0.15, 0.2) is 0 Å². The first-order valence-electron chi connectivity index (χ1n) is 42.9. The van der Waals surface area contributed by atoms with Crippen LogP contribution in [0.25, 0.3) is 0 Å². The molecule has 2 saturated heterocycles. The maximum Gasteiger partial charge on any atom is 0.326 e. The first-order valence-corrected chi connectivity index (χ1v) is 44.2. The van der Waals surface area contributed by atoms with Gasteiger partial charge in [-0.2, -0.15) is 25.3 Å². The van der Waals surface area contributed by atoms with Gasteiger partial charge in [-0.1, -0.05) is 36.8 Å². The number of carboxylic acids is 2. The van der Waals surface area contributed by atoms with E-state index in [1.165, 1.54) is 6.92 Å². The predicted molar refractivity (Wildman–Crippen MR) is 471 cm³/mol. The molecule has 0 aliphatic carbocycles. The van der Waals surface area contributed by atoms with Crippen LogP contribution in [0.5, 0.6) is 0 Å². The van der Waals surface area contributed by atoms with E-state index < -0.39 is 291 Å². The van der Waals surface area contributed by atoms with E-state index in [0.717, 1.165) is 30.6 Å². The zero-order valence-electron chi connectivity index (χ0n) is 73.7. The third-order valence-corrected chi connectivity index (χ3v) is 21.6. The lowest BCUT2D eigenvalue weighted by atomic mass is 10.0. The van der Waals surface area contributed by atoms with E-state index in [4.69, 9.17) is 28.7 Å². The van der Waals surface area contributed by atoms with E-state index in [2.05, 4.69) is 111 Å². The highest BCUT2D eigenvalue weighted by Crippen LogP contribution is 2.23. The molecule has 0 bridgehead atoms. The van der Waals surface area contributed by atoms with Crippen molar-refractivity contribution in [1.82, 2.24) is 95.1 Å². The number of carbonyl (C=O) groups excluding carboxylic acids is 19. The van der Waals surface area contributed by atoms with Crippen molar-refractivity contribution in [3.63, 3.8) is 0 Å². The highest BCUT2D eigenvalue weighted by molar-refractivity contribution is 7.80. The highest BCUT2D eigenvalue weighted by atomic mass is 32.1. The number of likely N-dealkylation sites (tertiary alicyclic amines) is 2. The van der Waals surface area contributed by atoms with Crippen molar-refractivity contribution in [1.29, 1.82) is 0 Å². The van der Waals surface area contributed by atoms with Gasteiger partial charge < -0.3 is 149 Å². The number of hydrazine groups is 1. The van der Waals surface area contributed by atoms with Gasteiger partial charge in [0.1, 0.15) is 96.7 Å². The van der Waals surface area contributed by atoms with Crippen molar-refractivity contribution >= 4 is 149 Å². The number of thiol groups is 2. The fourth-order valence-corrected chi connectivity index (χ4v) is 14.2. The Hall–Kier alpha value is -11.6. The summed E-state index contributed by atoms with van der Waals surface area (Å²) >= 11 is 8.22. The van der Waals surface area contributed by atoms with Gasteiger partial charge in [0.2, 0.25) is 112 Å². The molecule has 0 radical (unpaired) electrons. The maximum atomic E-state index is 14.7. The Bertz CT molecular complexity index is 4110. The van der Waals surface area contributed by atoms with E-state index in [1.54, 1.807) is 30.3 Å². The van der Waals surface area contributed by atoms with Crippen LogP contribution in [0.3, 0.4) is 0 Å². The standard InChI is InChI=1S/C79H129N23O28S2/c1-39(105)61(96-70(120)52(36-104)94-76(126)62(40(2)106)97-72(122)54(38-132)95-67(117)47(19-9-12-28-81)100-99-42(4)108)75(125)89-46(24-26-58(84)110)66(116)92-50(33-60(112)113)77(127)101-30-14-21-55(101)73(123)88-45(23-25-57(83)109)65(115)91-49(32-43-16-6-5-7-17-43)68(118)98-63(41(3)107)78(128)102-31-15-22-56(102)74(124)87-44(18-8-11-27-80)64(114)85-34-59(111)86-53(37-131)71(121)93-51(35-103)69(119)90-48(79(129)130)20-10-13-29-82/h5-7,16-17,39-41,44-56,61-63,100,103-107,131-132H,8-15,18-38,80-82H2,1-4H3,(H2,83,109)(H2,84,110)(H,85,114)(H,86,111)(H,87,124)(H,88,123)(H,89,125)(H,90,119)(H,91,115)(H,92,116)(H,93,121)(H,94,126)(H,95,117)(H,96,120)(H,97,122)(H,98,118)(H,99,108)(H,112,113)(H,129,130)/t39-,40-,41-,44+,45+,46+,47+,48+,49+,50+,51+,52+,53+,54+,55+,56+,61+,62+,63+/m1/s1. The summed E-state index contributed by atoms with van der Waals surface area (Å²) in [6.45, 7) is 1.53. The minimum Gasteiger partial charge on any atom is -0.481 e. The smallest absolute Gasteiger partial charge is 0.326 e. The molecular weight excluding hydrogens is 1780 g/mol. The Morgan fingerprint density at radius 2 is 0.780 bits per heavy atom. The number of rotatable bonds is 62. The van der Waals surface area contributed by atoms with Crippen LogP contribution in [0.4, 0.5) is 0 Å². The zero-order valence-corrected chi connectivity index (χ0v) is 75.5. The Morgan fingerprint density at radius 3 is 1.23 bits per heavy atom. The summed E-state index contributed by atoms with van der Waals surface area (Å²) in [7, 11) is 0. The number of nitrogens with one attached hydrogen (secondary N) is 16. The lowest BCUT2D eigenvalue weighted by molar-refractivity contribution is -0.146. The van der Waals surface area contributed by atoms with Crippen LogP contribution in [0.15, 0.2) is 30.3 Å². The van der Waals surface area contributed by atoms with Gasteiger partial charge in [0, 0.05) is 50.8 Å². The van der Waals surface area contributed by atoms with Crippen LogP contribution in [-0.2, 0) is 107 Å². The van der Waals surface area contributed by atoms with Gasteiger partial charge in [-0.25, -0.2) is 10.2 Å². The lowest BCUT2D eigenvalue weighted by Crippen LogP contribution is -2.63. The molecule has 0 aromatic heterocycles. The van der Waals surface area contributed by atoms with Crippen LogP contribution in [0.2, 0.25) is 0 Å². The van der Waals surface area contributed by atoms with Crippen molar-refractivity contribution in [2.24, 2.45) is 28.7 Å². The van der Waals surface area contributed by atoms with Crippen LogP contribution < -0.4 is 114 Å². The fraction of sp³-hybridized carbons (Fsp3) is 0.658. The summed E-state index contributed by atoms with van der Waals surface area (Å²) in [6.07, 6.45) is -7.28. The summed E-state index contributed by atoms with van der Waals surface area (Å²) in [4.78, 5) is 286. The number of hydrogen-bond donors (Lipinski definition) is 30. The predicted octanol–water partition coefficient (Wildman–Crippen LogP) is -12.9. The molecule has 1 aromatic carbocycles. The number of aliphatic hydroxyl groups is 5. The molecule has 0 spiro atoms. The molecule has 132 heavy (non-hydrogen) atoms. The number of carboxylic acid groups (broad SMARTS) is 2. The van der Waals surface area contributed by atoms with Gasteiger partial charge >= 0.3 is 11.9 Å². The Morgan fingerprint density at radius 1 is 0.417 bits per heavy atom. The third-order valence-electron chi connectivity index (χ3n) is 20.9. The van der Waals surface area contributed by atoms with Crippen LogP contribution in [-0.4, -0.2) is 349 Å². The van der Waals surface area contributed by atoms with Crippen molar-refractivity contribution in [2.45, 2.75) is 265 Å². The monoisotopic (exact) mass is 1910 g/mol. The maximum absolute atomic E-state index is 14.7. The molecule has 19 atom stereocenters. The summed E-state index contributed by atoms with van der Waals surface area (Å²) in [5.41, 5.74) is 32.9. The number of nitrogens with two attached hydrogens (primary N) is 5. The molecule has 2 aliphatic heterocycles. The summed E-state index contributed by atoms with van der Waals surface area (Å²) in [5.74, 6) is -24.5. The number of hydrogen-bond acceptors (Lipinski definition) is 32. The average Bonchev–Trinajstić information content (AvgIpc) is 1.65. The lowest BCUT2D eigenvalue weighted by Gasteiger charge is -2.32.